The second kappa shape index (κ2) is 6.55. The lowest BCUT2D eigenvalue weighted by Crippen LogP contribution is -2.46. The molecule has 100 valence electrons. The number of nitrogens with one attached hydrogen (secondary N) is 1. The molecular weight excluding hydrogens is 226 g/mol. The monoisotopic (exact) mass is 249 g/mol. The van der Waals surface area contributed by atoms with E-state index in [0.29, 0.717) is 5.56 Å². The van der Waals surface area contributed by atoms with Crippen LogP contribution in [-0.2, 0) is 6.42 Å². The fraction of sp³-hybridized carbons (Fsp3) is 0.533. The maximum Gasteiger partial charge on any atom is 0.251 e. The third kappa shape index (κ3) is 4.49. The maximum absolute atomic E-state index is 11.9. The van der Waals surface area contributed by atoms with Gasteiger partial charge in [-0.05, 0) is 44.4 Å². The molecule has 0 atom stereocenters. The van der Waals surface area contributed by atoms with Gasteiger partial charge in [-0.15, -0.1) is 0 Å². The molecule has 3 heteroatoms. The predicted octanol–water partition coefficient (Wildman–Crippen LogP) is 2.53. The van der Waals surface area contributed by atoms with E-state index >= 15 is 0 Å². The van der Waals surface area contributed by atoms with E-state index in [9.17, 15) is 4.79 Å². The van der Waals surface area contributed by atoms with Gasteiger partial charge in [0.15, 0.2) is 0 Å². The van der Waals surface area contributed by atoms with E-state index in [2.05, 4.69) is 12.2 Å². The van der Waals surface area contributed by atoms with Gasteiger partial charge in [-0.25, -0.2) is 0 Å². The SMILES string of the molecule is CCCCc1ccc(C(=O)NC(C)(C)CO)cc1. The number of carbonyl (C=O) groups is 1. The van der Waals surface area contributed by atoms with Crippen LogP contribution in [0.5, 0.6) is 0 Å². The molecule has 1 amide bonds. The van der Waals surface area contributed by atoms with Gasteiger partial charge in [-0.1, -0.05) is 25.5 Å². The molecule has 0 heterocycles. The van der Waals surface area contributed by atoms with Crippen molar-refractivity contribution in [2.24, 2.45) is 0 Å². The molecule has 0 aliphatic carbocycles. The minimum Gasteiger partial charge on any atom is -0.394 e. The summed E-state index contributed by atoms with van der Waals surface area (Å²) in [4.78, 5) is 11.9. The van der Waals surface area contributed by atoms with Crippen LogP contribution in [0.4, 0.5) is 0 Å². The zero-order chi connectivity index (χ0) is 13.6. The average Bonchev–Trinajstić information content (AvgIpc) is 2.36. The first-order valence-corrected chi connectivity index (χ1v) is 6.51. The lowest BCUT2D eigenvalue weighted by atomic mass is 10.0. The highest BCUT2D eigenvalue weighted by molar-refractivity contribution is 5.94. The van der Waals surface area contributed by atoms with Crippen LogP contribution in [0.25, 0.3) is 0 Å². The summed E-state index contributed by atoms with van der Waals surface area (Å²) in [6.07, 6.45) is 3.40. The van der Waals surface area contributed by atoms with Crippen molar-refractivity contribution in [1.29, 1.82) is 0 Å². The first kappa shape index (κ1) is 14.7. The first-order chi connectivity index (χ1) is 8.48. The molecule has 0 saturated carbocycles. The van der Waals surface area contributed by atoms with Crippen LogP contribution in [0.15, 0.2) is 24.3 Å². The number of carbonyl (C=O) groups excluding carboxylic acids is 1. The molecule has 0 aliphatic rings. The van der Waals surface area contributed by atoms with E-state index in [0.717, 1.165) is 6.42 Å². The molecular formula is C15H23NO2. The van der Waals surface area contributed by atoms with Crippen molar-refractivity contribution in [3.05, 3.63) is 35.4 Å². The number of hydrogen-bond donors (Lipinski definition) is 2. The summed E-state index contributed by atoms with van der Waals surface area (Å²) in [5.41, 5.74) is 1.31. The second-order valence-corrected chi connectivity index (χ2v) is 5.30. The standard InChI is InChI=1S/C15H23NO2/c1-4-5-6-12-7-9-13(10-8-12)14(18)16-15(2,3)11-17/h7-10,17H,4-6,11H2,1-3H3,(H,16,18). The van der Waals surface area contributed by atoms with Crippen LogP contribution in [0.3, 0.4) is 0 Å². The Hall–Kier alpha value is -1.35. The van der Waals surface area contributed by atoms with Gasteiger partial charge in [0.1, 0.15) is 0 Å². The highest BCUT2D eigenvalue weighted by Gasteiger charge is 2.19. The molecule has 0 saturated heterocycles. The van der Waals surface area contributed by atoms with Gasteiger partial charge in [0.2, 0.25) is 0 Å². The highest BCUT2D eigenvalue weighted by Crippen LogP contribution is 2.09. The summed E-state index contributed by atoms with van der Waals surface area (Å²) in [6, 6.07) is 7.68. The molecule has 2 N–H and O–H groups in total. The van der Waals surface area contributed by atoms with Crippen molar-refractivity contribution in [1.82, 2.24) is 5.32 Å². The molecule has 1 aromatic carbocycles. The molecule has 0 bridgehead atoms. The Morgan fingerprint density at radius 2 is 1.89 bits per heavy atom. The average molecular weight is 249 g/mol. The summed E-state index contributed by atoms with van der Waals surface area (Å²) in [5, 5.41) is 11.9. The van der Waals surface area contributed by atoms with Gasteiger partial charge in [0, 0.05) is 5.56 Å². The predicted molar refractivity (Wildman–Crippen MR) is 73.7 cm³/mol. The van der Waals surface area contributed by atoms with E-state index in [1.165, 1.54) is 18.4 Å². The number of unbranched alkanes of at least 4 members (excludes halogenated alkanes) is 1. The van der Waals surface area contributed by atoms with Gasteiger partial charge < -0.3 is 10.4 Å². The molecule has 0 fully saturated rings. The largest absolute Gasteiger partial charge is 0.394 e. The van der Waals surface area contributed by atoms with Crippen molar-refractivity contribution < 1.29 is 9.90 Å². The second-order valence-electron chi connectivity index (χ2n) is 5.30. The summed E-state index contributed by atoms with van der Waals surface area (Å²) in [7, 11) is 0. The van der Waals surface area contributed by atoms with Crippen LogP contribution in [-0.4, -0.2) is 23.2 Å². The number of aliphatic hydroxyl groups excluding tert-OH is 1. The Morgan fingerprint density at radius 3 is 2.39 bits per heavy atom. The smallest absolute Gasteiger partial charge is 0.251 e. The molecule has 0 aromatic heterocycles. The Balaban J connectivity index is 2.64. The van der Waals surface area contributed by atoms with E-state index in [4.69, 9.17) is 5.11 Å². The minimum atomic E-state index is -0.585. The van der Waals surface area contributed by atoms with Crippen LogP contribution in [0.2, 0.25) is 0 Å². The first-order valence-electron chi connectivity index (χ1n) is 6.51. The van der Waals surface area contributed by atoms with Gasteiger partial charge in [-0.3, -0.25) is 4.79 Å². The molecule has 1 aromatic rings. The van der Waals surface area contributed by atoms with Crippen molar-refractivity contribution in [3.63, 3.8) is 0 Å². The molecule has 18 heavy (non-hydrogen) atoms. The third-order valence-corrected chi connectivity index (χ3v) is 2.88. The van der Waals surface area contributed by atoms with Crippen molar-refractivity contribution in [2.45, 2.75) is 45.6 Å². The van der Waals surface area contributed by atoms with Crippen LogP contribution < -0.4 is 5.32 Å². The molecule has 0 spiro atoms. The quantitative estimate of drug-likeness (QED) is 0.814. The molecule has 1 rings (SSSR count). The van der Waals surface area contributed by atoms with Gasteiger partial charge in [-0.2, -0.15) is 0 Å². The Bertz CT molecular complexity index is 382. The lowest BCUT2D eigenvalue weighted by Gasteiger charge is -2.23. The highest BCUT2D eigenvalue weighted by atomic mass is 16.3. The van der Waals surface area contributed by atoms with E-state index in [-0.39, 0.29) is 12.5 Å². The number of amides is 1. The summed E-state index contributed by atoms with van der Waals surface area (Å²) in [5.74, 6) is -0.143. The van der Waals surface area contributed by atoms with Gasteiger partial charge in [0.05, 0.1) is 12.1 Å². The zero-order valence-electron chi connectivity index (χ0n) is 11.5. The Morgan fingerprint density at radius 1 is 1.28 bits per heavy atom. The van der Waals surface area contributed by atoms with Gasteiger partial charge >= 0.3 is 0 Å². The number of aliphatic hydroxyl groups is 1. The number of aryl methyl sites for hydroxylation is 1. The maximum atomic E-state index is 11.9. The topological polar surface area (TPSA) is 49.3 Å². The summed E-state index contributed by atoms with van der Waals surface area (Å²) in [6.45, 7) is 5.67. The molecule has 3 nitrogen and oxygen atoms in total. The van der Waals surface area contributed by atoms with Crippen LogP contribution in [0.1, 0.15) is 49.5 Å². The fourth-order valence-electron chi connectivity index (χ4n) is 1.62. The van der Waals surface area contributed by atoms with Crippen molar-refractivity contribution in [3.8, 4) is 0 Å². The van der Waals surface area contributed by atoms with Crippen LogP contribution in [0, 0.1) is 0 Å². The Labute approximate surface area is 109 Å². The normalized spacial score (nSPS) is 11.3. The minimum absolute atomic E-state index is 0.0761. The Kier molecular flexibility index (Phi) is 5.35. The molecule has 0 aliphatic heterocycles. The lowest BCUT2D eigenvalue weighted by molar-refractivity contribution is 0.0869. The summed E-state index contributed by atoms with van der Waals surface area (Å²) >= 11 is 0. The van der Waals surface area contributed by atoms with Gasteiger partial charge in [0.25, 0.3) is 5.91 Å². The summed E-state index contributed by atoms with van der Waals surface area (Å²) < 4.78 is 0. The van der Waals surface area contributed by atoms with Crippen molar-refractivity contribution in [2.75, 3.05) is 6.61 Å². The van der Waals surface area contributed by atoms with E-state index in [1.54, 1.807) is 13.8 Å². The van der Waals surface area contributed by atoms with E-state index < -0.39 is 5.54 Å². The fourth-order valence-corrected chi connectivity index (χ4v) is 1.62. The third-order valence-electron chi connectivity index (χ3n) is 2.88. The van der Waals surface area contributed by atoms with E-state index in [1.807, 2.05) is 24.3 Å². The zero-order valence-corrected chi connectivity index (χ0v) is 11.5. The number of rotatable bonds is 6. The number of benzene rings is 1. The molecule has 0 unspecified atom stereocenters. The van der Waals surface area contributed by atoms with Crippen LogP contribution >= 0.6 is 0 Å². The molecule has 0 radical (unpaired) electrons. The van der Waals surface area contributed by atoms with Crippen molar-refractivity contribution >= 4 is 5.91 Å². The number of hydrogen-bond acceptors (Lipinski definition) is 2.